The molecule has 0 aliphatic heterocycles. The smallest absolute Gasteiger partial charge is 0.148 e. The fourth-order valence-electron chi connectivity index (χ4n) is 1.54. The van der Waals surface area contributed by atoms with Crippen LogP contribution in [0.1, 0.15) is 13.3 Å². The van der Waals surface area contributed by atoms with Crippen molar-refractivity contribution in [2.45, 2.75) is 19.4 Å². The summed E-state index contributed by atoms with van der Waals surface area (Å²) in [5.74, 6) is 0.797. The van der Waals surface area contributed by atoms with Crippen LogP contribution in [0.2, 0.25) is 0 Å². The fourth-order valence-corrected chi connectivity index (χ4v) is 2.23. The largest absolute Gasteiger partial charge is 0.366 e. The number of nitrogens with two attached hydrogens (primary N) is 1. The van der Waals surface area contributed by atoms with E-state index in [0.29, 0.717) is 12.6 Å². The van der Waals surface area contributed by atoms with E-state index in [1.807, 2.05) is 29.6 Å². The number of nitrogens with one attached hydrogen (secondary N) is 1. The summed E-state index contributed by atoms with van der Waals surface area (Å²) >= 11 is 1.66. The summed E-state index contributed by atoms with van der Waals surface area (Å²) in [7, 11) is 0. The van der Waals surface area contributed by atoms with Crippen LogP contribution in [0.5, 0.6) is 0 Å². The van der Waals surface area contributed by atoms with Gasteiger partial charge in [0.15, 0.2) is 0 Å². The van der Waals surface area contributed by atoms with E-state index in [-0.39, 0.29) is 0 Å². The molecule has 0 aliphatic carbocycles. The lowest BCUT2D eigenvalue weighted by molar-refractivity contribution is 0.711. The zero-order valence-electron chi connectivity index (χ0n) is 9.76. The van der Waals surface area contributed by atoms with Gasteiger partial charge < -0.3 is 11.1 Å². The van der Waals surface area contributed by atoms with Gasteiger partial charge in [0.2, 0.25) is 0 Å². The summed E-state index contributed by atoms with van der Waals surface area (Å²) in [5, 5.41) is 13.7. The summed E-state index contributed by atoms with van der Waals surface area (Å²) in [4.78, 5) is 1.14. The van der Waals surface area contributed by atoms with E-state index in [4.69, 9.17) is 5.73 Å². The van der Waals surface area contributed by atoms with Gasteiger partial charge >= 0.3 is 0 Å². The molecule has 0 saturated heterocycles. The molecule has 5 heteroatoms. The van der Waals surface area contributed by atoms with Gasteiger partial charge in [-0.2, -0.15) is 0 Å². The highest BCUT2D eigenvalue weighted by Crippen LogP contribution is 2.22. The first kappa shape index (κ1) is 12.0. The Morgan fingerprint density at radius 2 is 2.24 bits per heavy atom. The molecule has 3 N–H and O–H groups in total. The van der Waals surface area contributed by atoms with E-state index in [1.165, 1.54) is 0 Å². The van der Waals surface area contributed by atoms with Gasteiger partial charge in [-0.1, -0.05) is 6.07 Å². The lowest BCUT2D eigenvalue weighted by Gasteiger charge is -2.12. The Kier molecular flexibility index (Phi) is 4.06. The van der Waals surface area contributed by atoms with Crippen LogP contribution in [-0.2, 0) is 0 Å². The van der Waals surface area contributed by atoms with Crippen LogP contribution in [0.3, 0.4) is 0 Å². The van der Waals surface area contributed by atoms with Gasteiger partial charge in [0.1, 0.15) is 11.5 Å². The number of rotatable bonds is 5. The fraction of sp³-hybridized carbons (Fsp3) is 0.333. The second kappa shape index (κ2) is 5.75. The molecular formula is C12H16N4S. The number of hydrogen-bond donors (Lipinski definition) is 2. The van der Waals surface area contributed by atoms with Gasteiger partial charge in [-0.25, -0.2) is 0 Å². The topological polar surface area (TPSA) is 63.8 Å². The maximum atomic E-state index is 5.50. The third-order valence-corrected chi connectivity index (χ3v) is 3.32. The molecule has 2 aromatic rings. The van der Waals surface area contributed by atoms with E-state index in [9.17, 15) is 0 Å². The monoisotopic (exact) mass is 248 g/mol. The Balaban J connectivity index is 2.03. The van der Waals surface area contributed by atoms with Crippen molar-refractivity contribution in [2.75, 3.05) is 11.9 Å². The molecular weight excluding hydrogens is 232 g/mol. The molecule has 0 aromatic carbocycles. The first-order chi connectivity index (χ1) is 8.29. The second-order valence-electron chi connectivity index (χ2n) is 3.90. The molecule has 0 fully saturated rings. The number of hydrogen-bond acceptors (Lipinski definition) is 5. The molecule has 0 saturated carbocycles. The van der Waals surface area contributed by atoms with Crippen LogP contribution >= 0.6 is 11.3 Å². The summed E-state index contributed by atoms with van der Waals surface area (Å²) < 4.78 is 0. The number of nitrogens with zero attached hydrogens (tertiary/aromatic N) is 2. The first-order valence-electron chi connectivity index (χ1n) is 5.64. The molecule has 0 amide bonds. The normalized spacial score (nSPS) is 12.4. The van der Waals surface area contributed by atoms with Gasteiger partial charge in [-0.3, -0.25) is 0 Å². The van der Waals surface area contributed by atoms with E-state index >= 15 is 0 Å². The highest BCUT2D eigenvalue weighted by atomic mass is 32.1. The average Bonchev–Trinajstić information content (AvgIpc) is 2.84. The Labute approximate surface area is 105 Å². The summed E-state index contributed by atoms with van der Waals surface area (Å²) in [5.41, 5.74) is 6.41. The Morgan fingerprint density at radius 3 is 2.82 bits per heavy atom. The van der Waals surface area contributed by atoms with Crippen molar-refractivity contribution in [2.24, 2.45) is 5.73 Å². The minimum absolute atomic E-state index is 0.321. The third kappa shape index (κ3) is 3.25. The van der Waals surface area contributed by atoms with Gasteiger partial charge in [0, 0.05) is 6.04 Å². The number of anilines is 1. The predicted octanol–water partition coefficient (Wildman–Crippen LogP) is 2.35. The highest BCUT2D eigenvalue weighted by Gasteiger charge is 2.04. The van der Waals surface area contributed by atoms with Crippen molar-refractivity contribution in [1.29, 1.82) is 0 Å². The molecule has 1 unspecified atom stereocenters. The third-order valence-electron chi connectivity index (χ3n) is 2.43. The summed E-state index contributed by atoms with van der Waals surface area (Å²) in [6, 6.07) is 8.31. The summed E-state index contributed by atoms with van der Waals surface area (Å²) in [6.07, 6.45) is 0.925. The van der Waals surface area contributed by atoms with Crippen molar-refractivity contribution in [3.05, 3.63) is 29.6 Å². The maximum absolute atomic E-state index is 5.50. The van der Waals surface area contributed by atoms with Gasteiger partial charge in [-0.15, -0.1) is 21.5 Å². The predicted molar refractivity (Wildman–Crippen MR) is 72.1 cm³/mol. The van der Waals surface area contributed by atoms with E-state index in [0.717, 1.165) is 22.8 Å². The number of aromatic nitrogens is 2. The van der Waals surface area contributed by atoms with Gasteiger partial charge in [-0.05, 0) is 43.5 Å². The van der Waals surface area contributed by atoms with Gasteiger partial charge in [0.25, 0.3) is 0 Å². The first-order valence-corrected chi connectivity index (χ1v) is 6.52. The zero-order chi connectivity index (χ0) is 12.1. The lowest BCUT2D eigenvalue weighted by atomic mass is 10.2. The molecule has 2 heterocycles. The molecule has 2 aromatic heterocycles. The average molecular weight is 248 g/mol. The van der Waals surface area contributed by atoms with Crippen LogP contribution in [0, 0.1) is 0 Å². The van der Waals surface area contributed by atoms with Crippen molar-refractivity contribution < 1.29 is 0 Å². The lowest BCUT2D eigenvalue weighted by Crippen LogP contribution is -2.20. The molecule has 17 heavy (non-hydrogen) atoms. The van der Waals surface area contributed by atoms with Crippen molar-refractivity contribution >= 4 is 17.2 Å². The molecule has 0 radical (unpaired) electrons. The minimum atomic E-state index is 0.321. The Hall–Kier alpha value is -1.46. The molecule has 0 bridgehead atoms. The second-order valence-corrected chi connectivity index (χ2v) is 4.85. The molecule has 2 rings (SSSR count). The molecule has 4 nitrogen and oxygen atoms in total. The Bertz CT molecular complexity index is 438. The van der Waals surface area contributed by atoms with Crippen molar-refractivity contribution in [3.63, 3.8) is 0 Å². The highest BCUT2D eigenvalue weighted by molar-refractivity contribution is 7.13. The van der Waals surface area contributed by atoms with Crippen molar-refractivity contribution in [3.8, 4) is 10.6 Å². The van der Waals surface area contributed by atoms with E-state index in [2.05, 4.69) is 22.4 Å². The van der Waals surface area contributed by atoms with Crippen LogP contribution in [0.15, 0.2) is 29.6 Å². The van der Waals surface area contributed by atoms with Crippen LogP contribution in [-0.4, -0.2) is 22.8 Å². The quantitative estimate of drug-likeness (QED) is 0.852. The van der Waals surface area contributed by atoms with Crippen LogP contribution in [0.4, 0.5) is 5.82 Å². The van der Waals surface area contributed by atoms with E-state index < -0.39 is 0 Å². The molecule has 1 atom stereocenters. The minimum Gasteiger partial charge on any atom is -0.366 e. The standard InChI is InChI=1S/C12H16N4S/c1-9(6-7-13)14-12-5-4-10(15-16-12)11-3-2-8-17-11/h2-5,8-9H,6-7,13H2,1H3,(H,14,16). The van der Waals surface area contributed by atoms with Gasteiger partial charge in [0.05, 0.1) is 4.88 Å². The zero-order valence-corrected chi connectivity index (χ0v) is 10.6. The van der Waals surface area contributed by atoms with Crippen LogP contribution in [0.25, 0.3) is 10.6 Å². The molecule has 0 aliphatic rings. The maximum Gasteiger partial charge on any atom is 0.148 e. The Morgan fingerprint density at radius 1 is 1.35 bits per heavy atom. The molecule has 0 spiro atoms. The van der Waals surface area contributed by atoms with E-state index in [1.54, 1.807) is 11.3 Å². The SMILES string of the molecule is CC(CCN)Nc1ccc(-c2cccs2)nn1. The molecule has 90 valence electrons. The van der Waals surface area contributed by atoms with Crippen molar-refractivity contribution in [1.82, 2.24) is 10.2 Å². The summed E-state index contributed by atoms with van der Waals surface area (Å²) in [6.45, 7) is 2.76. The van der Waals surface area contributed by atoms with Crippen LogP contribution < -0.4 is 11.1 Å². The number of thiophene rings is 1.